The summed E-state index contributed by atoms with van der Waals surface area (Å²) in [6, 6.07) is 6.45. The molecular formula is C15H13F2N3OS. The van der Waals surface area contributed by atoms with Crippen LogP contribution in [0.3, 0.4) is 0 Å². The van der Waals surface area contributed by atoms with Crippen molar-refractivity contribution in [2.24, 2.45) is 0 Å². The number of anilines is 1. The summed E-state index contributed by atoms with van der Waals surface area (Å²) in [5.41, 5.74) is 0.680. The molecule has 22 heavy (non-hydrogen) atoms. The van der Waals surface area contributed by atoms with Crippen molar-refractivity contribution in [3.8, 4) is 6.07 Å². The number of carbonyl (C=O) groups excluding carboxylic acids is 1. The fraction of sp³-hybridized carbons (Fsp3) is 0.200. The SMILES string of the molecule is C[C@H](NCC(=O)Nc1sccc1C#N)c1ccc(F)cc1F. The van der Waals surface area contributed by atoms with Gasteiger partial charge in [-0.25, -0.2) is 8.78 Å². The van der Waals surface area contributed by atoms with Gasteiger partial charge in [-0.05, 0) is 24.4 Å². The summed E-state index contributed by atoms with van der Waals surface area (Å²) in [6.45, 7) is 1.62. The third-order valence-corrected chi connectivity index (χ3v) is 3.87. The van der Waals surface area contributed by atoms with Gasteiger partial charge < -0.3 is 10.6 Å². The molecule has 7 heteroatoms. The second kappa shape index (κ2) is 7.11. The monoisotopic (exact) mass is 321 g/mol. The lowest BCUT2D eigenvalue weighted by Gasteiger charge is -2.14. The van der Waals surface area contributed by atoms with Gasteiger partial charge in [0.05, 0.1) is 12.1 Å². The third kappa shape index (κ3) is 3.87. The fourth-order valence-electron chi connectivity index (χ4n) is 1.87. The van der Waals surface area contributed by atoms with Gasteiger partial charge in [-0.3, -0.25) is 4.79 Å². The summed E-state index contributed by atoms with van der Waals surface area (Å²) in [6.07, 6.45) is 0. The van der Waals surface area contributed by atoms with Gasteiger partial charge in [0, 0.05) is 17.7 Å². The summed E-state index contributed by atoms with van der Waals surface area (Å²) < 4.78 is 26.5. The molecule has 1 heterocycles. The first kappa shape index (κ1) is 16.1. The largest absolute Gasteiger partial charge is 0.315 e. The quantitative estimate of drug-likeness (QED) is 0.889. The van der Waals surface area contributed by atoms with Gasteiger partial charge in [0.15, 0.2) is 0 Å². The number of hydrogen-bond donors (Lipinski definition) is 2. The smallest absolute Gasteiger partial charge is 0.238 e. The number of hydrogen-bond acceptors (Lipinski definition) is 4. The molecule has 1 aromatic carbocycles. The Morgan fingerprint density at radius 2 is 2.18 bits per heavy atom. The Balaban J connectivity index is 1.92. The van der Waals surface area contributed by atoms with E-state index >= 15 is 0 Å². The fourth-order valence-corrected chi connectivity index (χ4v) is 2.63. The van der Waals surface area contributed by atoms with Crippen LogP contribution in [0, 0.1) is 23.0 Å². The molecule has 1 amide bonds. The standard InChI is InChI=1S/C15H13F2N3OS/c1-9(12-3-2-11(16)6-13(12)17)19-8-14(21)20-15-10(7-18)4-5-22-15/h2-6,9,19H,8H2,1H3,(H,20,21)/t9-/m0/s1. The maximum atomic E-state index is 13.6. The Bertz CT molecular complexity index is 724. The highest BCUT2D eigenvalue weighted by Gasteiger charge is 2.14. The summed E-state index contributed by atoms with van der Waals surface area (Å²) >= 11 is 1.25. The average Bonchev–Trinajstić information content (AvgIpc) is 2.92. The predicted molar refractivity (Wildman–Crippen MR) is 80.4 cm³/mol. The van der Waals surface area contributed by atoms with Gasteiger partial charge in [0.1, 0.15) is 22.7 Å². The molecule has 2 aromatic rings. The lowest BCUT2D eigenvalue weighted by Crippen LogP contribution is -2.30. The minimum absolute atomic E-state index is 0.0548. The van der Waals surface area contributed by atoms with Crippen molar-refractivity contribution in [2.75, 3.05) is 11.9 Å². The summed E-state index contributed by atoms with van der Waals surface area (Å²) in [5, 5.41) is 16.5. The second-order valence-electron chi connectivity index (χ2n) is 4.59. The molecule has 0 aliphatic rings. The van der Waals surface area contributed by atoms with Crippen molar-refractivity contribution in [3.63, 3.8) is 0 Å². The van der Waals surface area contributed by atoms with Crippen LogP contribution >= 0.6 is 11.3 Å². The van der Waals surface area contributed by atoms with Crippen molar-refractivity contribution in [1.29, 1.82) is 5.26 Å². The van der Waals surface area contributed by atoms with Gasteiger partial charge in [0.25, 0.3) is 0 Å². The van der Waals surface area contributed by atoms with E-state index in [1.54, 1.807) is 18.4 Å². The molecule has 0 fully saturated rings. The number of nitriles is 1. The first-order valence-corrected chi connectivity index (χ1v) is 7.35. The molecule has 114 valence electrons. The van der Waals surface area contributed by atoms with Crippen LogP contribution in [0.4, 0.5) is 13.8 Å². The second-order valence-corrected chi connectivity index (χ2v) is 5.51. The number of carbonyl (C=O) groups is 1. The zero-order valence-corrected chi connectivity index (χ0v) is 12.5. The number of nitrogens with one attached hydrogen (secondary N) is 2. The van der Waals surface area contributed by atoms with Crippen LogP contribution in [0.5, 0.6) is 0 Å². The number of benzene rings is 1. The molecule has 4 nitrogen and oxygen atoms in total. The highest BCUT2D eigenvalue weighted by atomic mass is 32.1. The van der Waals surface area contributed by atoms with E-state index in [4.69, 9.17) is 5.26 Å². The van der Waals surface area contributed by atoms with Crippen LogP contribution in [0.15, 0.2) is 29.6 Å². The lowest BCUT2D eigenvalue weighted by atomic mass is 10.1. The predicted octanol–water partition coefficient (Wildman–Crippen LogP) is 3.19. The minimum Gasteiger partial charge on any atom is -0.315 e. The van der Waals surface area contributed by atoms with E-state index in [1.807, 2.05) is 6.07 Å². The maximum Gasteiger partial charge on any atom is 0.238 e. The van der Waals surface area contributed by atoms with E-state index in [0.717, 1.165) is 6.07 Å². The van der Waals surface area contributed by atoms with Crippen LogP contribution in [0.25, 0.3) is 0 Å². The van der Waals surface area contributed by atoms with Crippen molar-refractivity contribution in [1.82, 2.24) is 5.32 Å². The molecule has 0 saturated carbocycles. The highest BCUT2D eigenvalue weighted by molar-refractivity contribution is 7.14. The van der Waals surface area contributed by atoms with Crippen LogP contribution in [0.1, 0.15) is 24.1 Å². The van der Waals surface area contributed by atoms with E-state index in [1.165, 1.54) is 23.5 Å². The van der Waals surface area contributed by atoms with E-state index < -0.39 is 17.7 Å². The number of amides is 1. The van der Waals surface area contributed by atoms with Crippen LogP contribution in [0.2, 0.25) is 0 Å². The van der Waals surface area contributed by atoms with Crippen molar-refractivity contribution < 1.29 is 13.6 Å². The van der Waals surface area contributed by atoms with Gasteiger partial charge in [0.2, 0.25) is 5.91 Å². The molecule has 1 aromatic heterocycles. The van der Waals surface area contributed by atoms with Gasteiger partial charge in [-0.15, -0.1) is 11.3 Å². The highest BCUT2D eigenvalue weighted by Crippen LogP contribution is 2.22. The van der Waals surface area contributed by atoms with E-state index in [0.29, 0.717) is 10.6 Å². The van der Waals surface area contributed by atoms with Gasteiger partial charge in [-0.2, -0.15) is 5.26 Å². The van der Waals surface area contributed by atoms with Crippen molar-refractivity contribution in [3.05, 3.63) is 52.4 Å². The molecule has 0 unspecified atom stereocenters. The molecule has 2 rings (SSSR count). The lowest BCUT2D eigenvalue weighted by molar-refractivity contribution is -0.115. The zero-order chi connectivity index (χ0) is 16.1. The summed E-state index contributed by atoms with van der Waals surface area (Å²) in [5.74, 6) is -1.65. The van der Waals surface area contributed by atoms with Crippen molar-refractivity contribution in [2.45, 2.75) is 13.0 Å². The Kier molecular flexibility index (Phi) is 5.20. The Morgan fingerprint density at radius 1 is 1.41 bits per heavy atom. The van der Waals surface area contributed by atoms with Gasteiger partial charge in [-0.1, -0.05) is 6.07 Å². The number of rotatable bonds is 5. The molecule has 0 spiro atoms. The number of thiophene rings is 1. The topological polar surface area (TPSA) is 64.9 Å². The molecular weight excluding hydrogens is 308 g/mol. The van der Waals surface area contributed by atoms with Crippen LogP contribution in [-0.2, 0) is 4.79 Å². The normalized spacial score (nSPS) is 11.7. The molecule has 1 atom stereocenters. The van der Waals surface area contributed by atoms with E-state index in [-0.39, 0.29) is 18.0 Å². The Labute approximate surface area is 130 Å². The maximum absolute atomic E-state index is 13.6. The van der Waals surface area contributed by atoms with E-state index in [9.17, 15) is 13.6 Å². The minimum atomic E-state index is -0.662. The molecule has 0 aliphatic heterocycles. The molecule has 0 radical (unpaired) electrons. The van der Waals surface area contributed by atoms with Crippen molar-refractivity contribution >= 4 is 22.2 Å². The Hall–Kier alpha value is -2.30. The summed E-state index contributed by atoms with van der Waals surface area (Å²) in [4.78, 5) is 11.8. The number of halogens is 2. The summed E-state index contributed by atoms with van der Waals surface area (Å²) in [7, 11) is 0. The van der Waals surface area contributed by atoms with Crippen LogP contribution in [-0.4, -0.2) is 12.5 Å². The molecule has 0 bridgehead atoms. The van der Waals surface area contributed by atoms with Gasteiger partial charge >= 0.3 is 0 Å². The van der Waals surface area contributed by atoms with E-state index in [2.05, 4.69) is 10.6 Å². The Morgan fingerprint density at radius 3 is 2.86 bits per heavy atom. The molecule has 0 aliphatic carbocycles. The molecule has 0 saturated heterocycles. The third-order valence-electron chi connectivity index (χ3n) is 3.04. The van der Waals surface area contributed by atoms with Crippen LogP contribution < -0.4 is 10.6 Å². The first-order valence-electron chi connectivity index (χ1n) is 6.47. The molecule has 2 N–H and O–H groups in total. The zero-order valence-electron chi connectivity index (χ0n) is 11.7. The first-order chi connectivity index (χ1) is 10.5. The number of nitrogens with zero attached hydrogens (tertiary/aromatic N) is 1. The average molecular weight is 321 g/mol.